The Bertz CT molecular complexity index is 2290. The van der Waals surface area contributed by atoms with Crippen LogP contribution >= 0.6 is 0 Å². The summed E-state index contributed by atoms with van der Waals surface area (Å²) in [5.74, 6) is 2.93. The van der Waals surface area contributed by atoms with Gasteiger partial charge in [0.25, 0.3) is 0 Å². The Kier molecular flexibility index (Phi) is 7.45. The molecule has 1 aliphatic carbocycles. The summed E-state index contributed by atoms with van der Waals surface area (Å²) in [6.45, 7) is 4.40. The number of ether oxygens (including phenoxy) is 4. The first kappa shape index (κ1) is 32.5. The second-order valence-corrected chi connectivity index (χ2v) is 13.5. The number of halogens is 3. The van der Waals surface area contributed by atoms with Gasteiger partial charge in [-0.15, -0.1) is 0 Å². The van der Waals surface area contributed by atoms with Crippen molar-refractivity contribution < 1.29 is 32.1 Å². The van der Waals surface area contributed by atoms with Crippen LogP contribution in [0, 0.1) is 0 Å². The Morgan fingerprint density at radius 1 is 0.608 bits per heavy atom. The number of benzene rings is 6. The molecule has 0 atom stereocenters. The van der Waals surface area contributed by atoms with Crippen LogP contribution in [-0.4, -0.2) is 21.3 Å². The lowest BCUT2D eigenvalue weighted by molar-refractivity contribution is -0.137. The zero-order chi connectivity index (χ0) is 35.7. The summed E-state index contributed by atoms with van der Waals surface area (Å²) in [4.78, 5) is 0. The van der Waals surface area contributed by atoms with Crippen LogP contribution in [0.3, 0.4) is 0 Å². The van der Waals surface area contributed by atoms with E-state index in [2.05, 4.69) is 44.2 Å². The van der Waals surface area contributed by atoms with Crippen LogP contribution in [0.25, 0.3) is 39.1 Å². The van der Waals surface area contributed by atoms with Gasteiger partial charge in [-0.1, -0.05) is 68.5 Å². The Morgan fingerprint density at radius 2 is 1.18 bits per heavy atom. The van der Waals surface area contributed by atoms with Gasteiger partial charge in [-0.05, 0) is 106 Å². The number of hydrogen-bond acceptors (Lipinski definition) is 4. The Balaban J connectivity index is 1.35. The average molecular weight is 685 g/mol. The van der Waals surface area contributed by atoms with Crippen LogP contribution in [0.1, 0.15) is 47.2 Å². The zero-order valence-electron chi connectivity index (χ0n) is 28.8. The molecule has 4 nitrogen and oxygen atoms in total. The maximum absolute atomic E-state index is 13.3. The molecule has 0 unspecified atom stereocenters. The molecule has 0 amide bonds. The van der Waals surface area contributed by atoms with E-state index in [4.69, 9.17) is 18.9 Å². The minimum atomic E-state index is -4.39. The second-order valence-electron chi connectivity index (χ2n) is 13.5. The molecule has 1 heterocycles. The summed E-state index contributed by atoms with van der Waals surface area (Å²) in [6.07, 6.45) is -0.0930. The van der Waals surface area contributed by atoms with Gasteiger partial charge in [0, 0.05) is 27.5 Å². The molecular formula is C44H35F3O4. The number of rotatable bonds is 6. The van der Waals surface area contributed by atoms with E-state index in [1.165, 1.54) is 12.1 Å². The summed E-state index contributed by atoms with van der Waals surface area (Å²) < 4.78 is 64.1. The molecular weight excluding hydrogens is 649 g/mol. The first-order chi connectivity index (χ1) is 24.5. The fraction of sp³-hybridized carbons (Fsp3) is 0.182. The normalized spacial score (nSPS) is 15.1. The zero-order valence-corrected chi connectivity index (χ0v) is 28.8. The van der Waals surface area contributed by atoms with Gasteiger partial charge in [-0.2, -0.15) is 13.2 Å². The molecule has 51 heavy (non-hydrogen) atoms. The van der Waals surface area contributed by atoms with E-state index < -0.39 is 22.8 Å². The van der Waals surface area contributed by atoms with Gasteiger partial charge in [0.2, 0.25) is 0 Å². The largest absolute Gasteiger partial charge is 0.497 e. The number of methoxy groups -OCH3 is 3. The average Bonchev–Trinajstić information content (AvgIpc) is 3.40. The van der Waals surface area contributed by atoms with Gasteiger partial charge < -0.3 is 18.9 Å². The molecule has 0 fully saturated rings. The van der Waals surface area contributed by atoms with E-state index in [0.29, 0.717) is 5.75 Å². The Labute approximate surface area is 294 Å². The van der Waals surface area contributed by atoms with Gasteiger partial charge in [0.05, 0.1) is 26.9 Å². The van der Waals surface area contributed by atoms with Crippen molar-refractivity contribution in [2.24, 2.45) is 0 Å². The molecule has 0 saturated heterocycles. The minimum absolute atomic E-state index is 0.473. The second kappa shape index (κ2) is 11.7. The molecule has 1 aliphatic heterocycles. The standard InChI is InChI=1S/C44H35F3O4/c1-42(2)38-24-27(26-6-9-30(10-7-26)44(45,46)47)8-20-35(38)39-34-21-19-33(50-5)25-37(34)41-36(40(39)42)22-23-43(51-41,28-11-15-31(48-3)16-12-28)29-13-17-32(49-4)18-14-29/h6-25H,1-5H3. The van der Waals surface area contributed by atoms with Crippen LogP contribution in [0.5, 0.6) is 23.0 Å². The highest BCUT2D eigenvalue weighted by atomic mass is 19.4. The van der Waals surface area contributed by atoms with Crippen molar-refractivity contribution in [1.29, 1.82) is 0 Å². The van der Waals surface area contributed by atoms with E-state index in [0.717, 1.165) is 90.2 Å². The first-order valence-corrected chi connectivity index (χ1v) is 16.7. The van der Waals surface area contributed by atoms with Crippen molar-refractivity contribution in [3.05, 3.63) is 149 Å². The van der Waals surface area contributed by atoms with Gasteiger partial charge in [-0.3, -0.25) is 0 Å². The van der Waals surface area contributed by atoms with Gasteiger partial charge in [0.1, 0.15) is 23.0 Å². The summed E-state index contributed by atoms with van der Waals surface area (Å²) in [5.41, 5.74) is 6.70. The molecule has 6 aromatic rings. The van der Waals surface area contributed by atoms with Gasteiger partial charge in [-0.25, -0.2) is 0 Å². The molecule has 0 spiro atoms. The maximum Gasteiger partial charge on any atom is 0.416 e. The molecule has 256 valence electrons. The molecule has 0 aromatic heterocycles. The van der Waals surface area contributed by atoms with Crippen molar-refractivity contribution in [3.63, 3.8) is 0 Å². The van der Waals surface area contributed by atoms with E-state index >= 15 is 0 Å². The summed E-state index contributed by atoms with van der Waals surface area (Å²) in [5, 5.41) is 1.93. The summed E-state index contributed by atoms with van der Waals surface area (Å²) in [7, 11) is 4.95. The van der Waals surface area contributed by atoms with Crippen LogP contribution in [0.4, 0.5) is 13.2 Å². The van der Waals surface area contributed by atoms with E-state index in [1.807, 2.05) is 66.7 Å². The molecule has 0 N–H and O–H groups in total. The summed E-state index contributed by atoms with van der Waals surface area (Å²) in [6, 6.07) is 33.5. The lowest BCUT2D eigenvalue weighted by Gasteiger charge is -2.38. The quantitative estimate of drug-likeness (QED) is 0.175. The number of alkyl halides is 3. The van der Waals surface area contributed by atoms with Crippen LogP contribution in [-0.2, 0) is 17.2 Å². The molecule has 8 rings (SSSR count). The molecule has 0 radical (unpaired) electrons. The fourth-order valence-corrected chi connectivity index (χ4v) is 7.78. The SMILES string of the molecule is COc1ccc(C2(c3ccc(OC)cc3)C=Cc3c4c(c5ccc(OC)cc5c3O2)-c2ccc(-c3ccc(C(F)(F)F)cc3)cc2C4(C)C)cc1. The predicted molar refractivity (Wildman–Crippen MR) is 195 cm³/mol. The Morgan fingerprint density at radius 3 is 1.75 bits per heavy atom. The highest BCUT2D eigenvalue weighted by Gasteiger charge is 2.44. The van der Waals surface area contributed by atoms with Crippen molar-refractivity contribution in [1.82, 2.24) is 0 Å². The monoisotopic (exact) mass is 684 g/mol. The third-order valence-electron chi connectivity index (χ3n) is 10.4. The summed E-state index contributed by atoms with van der Waals surface area (Å²) >= 11 is 0. The number of hydrogen-bond donors (Lipinski definition) is 0. The third kappa shape index (κ3) is 5.05. The molecule has 0 bridgehead atoms. The minimum Gasteiger partial charge on any atom is -0.497 e. The van der Waals surface area contributed by atoms with Gasteiger partial charge >= 0.3 is 6.18 Å². The van der Waals surface area contributed by atoms with Crippen molar-refractivity contribution >= 4 is 16.8 Å². The highest BCUT2D eigenvalue weighted by molar-refractivity contribution is 6.09. The van der Waals surface area contributed by atoms with Crippen LogP contribution < -0.4 is 18.9 Å². The lowest BCUT2D eigenvalue weighted by Crippen LogP contribution is -2.35. The van der Waals surface area contributed by atoms with E-state index in [1.54, 1.807) is 21.3 Å². The smallest absolute Gasteiger partial charge is 0.416 e. The topological polar surface area (TPSA) is 36.9 Å². The highest BCUT2D eigenvalue weighted by Crippen LogP contribution is 2.59. The van der Waals surface area contributed by atoms with Crippen LogP contribution in [0.15, 0.2) is 115 Å². The molecule has 7 heteroatoms. The molecule has 0 saturated carbocycles. The van der Waals surface area contributed by atoms with Crippen molar-refractivity contribution in [3.8, 4) is 45.3 Å². The van der Waals surface area contributed by atoms with Crippen molar-refractivity contribution in [2.75, 3.05) is 21.3 Å². The van der Waals surface area contributed by atoms with E-state index in [-0.39, 0.29) is 0 Å². The Hall–Kier alpha value is -5.69. The fourth-order valence-electron chi connectivity index (χ4n) is 7.78. The third-order valence-corrected chi connectivity index (χ3v) is 10.4. The molecule has 6 aromatic carbocycles. The predicted octanol–water partition coefficient (Wildman–Crippen LogP) is 11.2. The molecule has 2 aliphatic rings. The lowest BCUT2D eigenvalue weighted by atomic mass is 9.76. The maximum atomic E-state index is 13.3. The van der Waals surface area contributed by atoms with Crippen molar-refractivity contribution in [2.45, 2.75) is 31.0 Å². The first-order valence-electron chi connectivity index (χ1n) is 16.7. The number of fused-ring (bicyclic) bond motifs is 8. The van der Waals surface area contributed by atoms with Gasteiger partial charge in [0.15, 0.2) is 5.60 Å². The van der Waals surface area contributed by atoms with E-state index in [9.17, 15) is 13.2 Å². The van der Waals surface area contributed by atoms with Crippen LogP contribution in [0.2, 0.25) is 0 Å².